The molecule has 2 heterocycles. The molecule has 140 valence electrons. The molecule has 0 bridgehead atoms. The van der Waals surface area contributed by atoms with Crippen molar-refractivity contribution in [3.8, 4) is 28.1 Å². The van der Waals surface area contributed by atoms with E-state index in [0.29, 0.717) is 22.7 Å². The number of hydrogen-bond donors (Lipinski definition) is 1. The maximum atomic E-state index is 12.7. The minimum atomic E-state index is -0.468. The average Bonchev–Trinajstić information content (AvgIpc) is 3.04. The van der Waals surface area contributed by atoms with Crippen molar-refractivity contribution in [3.63, 3.8) is 0 Å². The molecule has 0 saturated heterocycles. The molecule has 0 unspecified atom stereocenters. The van der Waals surface area contributed by atoms with Crippen LogP contribution in [-0.4, -0.2) is 26.6 Å². The molecule has 0 aliphatic rings. The highest BCUT2D eigenvalue weighted by Crippen LogP contribution is 2.34. The summed E-state index contributed by atoms with van der Waals surface area (Å²) in [5, 5.41) is 13.9. The van der Waals surface area contributed by atoms with Gasteiger partial charge in [0.2, 0.25) is 0 Å². The topological polar surface area (TPSA) is 103 Å². The Morgan fingerprint density at radius 1 is 1.14 bits per heavy atom. The molecule has 2 aromatic carbocycles. The van der Waals surface area contributed by atoms with Gasteiger partial charge < -0.3 is 4.74 Å². The van der Waals surface area contributed by atoms with Crippen molar-refractivity contribution in [3.05, 3.63) is 80.8 Å². The van der Waals surface area contributed by atoms with Gasteiger partial charge in [0.25, 0.3) is 11.2 Å². The van der Waals surface area contributed by atoms with Gasteiger partial charge in [-0.25, -0.2) is 9.50 Å². The minimum Gasteiger partial charge on any atom is -0.496 e. The molecule has 4 aromatic rings. The van der Waals surface area contributed by atoms with Crippen molar-refractivity contribution in [2.45, 2.75) is 6.92 Å². The van der Waals surface area contributed by atoms with Gasteiger partial charge in [-0.05, 0) is 25.1 Å². The summed E-state index contributed by atoms with van der Waals surface area (Å²) in [4.78, 5) is 27.7. The van der Waals surface area contributed by atoms with E-state index in [2.05, 4.69) is 10.1 Å². The number of hydrogen-bond acceptors (Lipinski definition) is 5. The van der Waals surface area contributed by atoms with E-state index >= 15 is 0 Å². The third-order valence-electron chi connectivity index (χ3n) is 4.55. The van der Waals surface area contributed by atoms with Crippen molar-refractivity contribution in [1.82, 2.24) is 14.6 Å². The molecular formula is C20H16N4O4. The van der Waals surface area contributed by atoms with Crippen LogP contribution in [0.15, 0.2) is 59.4 Å². The van der Waals surface area contributed by atoms with Gasteiger partial charge in [-0.15, -0.1) is 0 Å². The second-order valence-corrected chi connectivity index (χ2v) is 6.25. The van der Waals surface area contributed by atoms with Gasteiger partial charge in [0, 0.05) is 35.0 Å². The molecule has 0 atom stereocenters. The van der Waals surface area contributed by atoms with Crippen molar-refractivity contribution in [2.75, 3.05) is 7.11 Å². The summed E-state index contributed by atoms with van der Waals surface area (Å²) < 4.78 is 6.84. The molecule has 0 aliphatic carbocycles. The Kier molecular flexibility index (Phi) is 4.15. The Labute approximate surface area is 159 Å². The quantitative estimate of drug-likeness (QED) is 0.433. The number of nitro benzene ring substituents is 1. The Morgan fingerprint density at radius 3 is 2.54 bits per heavy atom. The average molecular weight is 376 g/mol. The smallest absolute Gasteiger partial charge is 0.273 e. The Bertz CT molecular complexity index is 1260. The molecule has 0 amide bonds. The molecular weight excluding hydrogens is 360 g/mol. The lowest BCUT2D eigenvalue weighted by molar-refractivity contribution is -0.384. The molecule has 0 radical (unpaired) electrons. The van der Waals surface area contributed by atoms with Crippen molar-refractivity contribution in [2.24, 2.45) is 0 Å². The van der Waals surface area contributed by atoms with Gasteiger partial charge in [-0.3, -0.25) is 20.0 Å². The monoisotopic (exact) mass is 376 g/mol. The van der Waals surface area contributed by atoms with Crippen LogP contribution in [0.4, 0.5) is 5.69 Å². The Hall–Kier alpha value is -3.94. The van der Waals surface area contributed by atoms with E-state index in [4.69, 9.17) is 4.74 Å². The summed E-state index contributed by atoms with van der Waals surface area (Å²) in [6.45, 7) is 1.86. The van der Waals surface area contributed by atoms with Crippen LogP contribution in [0.5, 0.6) is 5.75 Å². The van der Waals surface area contributed by atoms with Gasteiger partial charge in [0.05, 0.1) is 23.3 Å². The highest BCUT2D eigenvalue weighted by Gasteiger charge is 2.18. The third-order valence-corrected chi connectivity index (χ3v) is 4.55. The number of nitro groups is 1. The molecule has 8 heteroatoms. The number of fused-ring (bicyclic) bond motifs is 1. The largest absolute Gasteiger partial charge is 0.496 e. The third kappa shape index (κ3) is 2.81. The zero-order valence-corrected chi connectivity index (χ0v) is 15.2. The second kappa shape index (κ2) is 6.66. The van der Waals surface area contributed by atoms with E-state index in [1.807, 2.05) is 31.2 Å². The first-order valence-electron chi connectivity index (χ1n) is 8.50. The molecule has 0 fully saturated rings. The lowest BCUT2D eigenvalue weighted by Crippen LogP contribution is -2.14. The van der Waals surface area contributed by atoms with Gasteiger partial charge >= 0.3 is 0 Å². The summed E-state index contributed by atoms with van der Waals surface area (Å²) in [5.74, 6) is 0.669. The van der Waals surface area contributed by atoms with Crippen LogP contribution in [-0.2, 0) is 0 Å². The van der Waals surface area contributed by atoms with Crippen LogP contribution in [0.2, 0.25) is 0 Å². The van der Waals surface area contributed by atoms with Crippen LogP contribution < -0.4 is 10.3 Å². The van der Waals surface area contributed by atoms with E-state index in [1.165, 1.54) is 22.7 Å². The minimum absolute atomic E-state index is 0.0197. The summed E-state index contributed by atoms with van der Waals surface area (Å²) >= 11 is 0. The number of nitrogens with one attached hydrogen (secondary N) is 1. The molecule has 0 spiro atoms. The first-order chi connectivity index (χ1) is 13.5. The molecule has 8 nitrogen and oxygen atoms in total. The lowest BCUT2D eigenvalue weighted by Gasteiger charge is -2.08. The van der Waals surface area contributed by atoms with Gasteiger partial charge in [-0.1, -0.05) is 18.2 Å². The van der Waals surface area contributed by atoms with E-state index in [1.54, 1.807) is 19.2 Å². The zero-order valence-electron chi connectivity index (χ0n) is 15.2. The fraction of sp³-hybridized carbons (Fsp3) is 0.100. The highest BCUT2D eigenvalue weighted by molar-refractivity contribution is 5.84. The van der Waals surface area contributed by atoms with E-state index in [0.717, 1.165) is 16.8 Å². The van der Waals surface area contributed by atoms with E-state index in [-0.39, 0.29) is 11.2 Å². The molecule has 0 saturated carbocycles. The zero-order chi connectivity index (χ0) is 19.8. The molecule has 2 aromatic heterocycles. The number of ether oxygens (including phenoxy) is 1. The Morgan fingerprint density at radius 2 is 1.86 bits per heavy atom. The van der Waals surface area contributed by atoms with Crippen molar-refractivity contribution < 1.29 is 9.66 Å². The fourth-order valence-corrected chi connectivity index (χ4v) is 3.22. The van der Waals surface area contributed by atoms with Crippen LogP contribution in [0, 0.1) is 17.0 Å². The SMILES string of the molecule is COc1ccccc1-c1c(C)[nH]n2c(=O)cc(-c3ccc([N+](=O)[O-])cc3)nc12. The van der Waals surface area contributed by atoms with Gasteiger partial charge in [0.1, 0.15) is 5.75 Å². The molecule has 1 N–H and O–H groups in total. The lowest BCUT2D eigenvalue weighted by atomic mass is 10.0. The number of nitrogens with zero attached hydrogens (tertiary/aromatic N) is 3. The molecule has 0 aliphatic heterocycles. The van der Waals surface area contributed by atoms with Crippen LogP contribution in [0.1, 0.15) is 5.69 Å². The summed E-state index contributed by atoms with van der Waals surface area (Å²) in [7, 11) is 1.59. The van der Waals surface area contributed by atoms with Crippen LogP contribution in [0.25, 0.3) is 28.0 Å². The highest BCUT2D eigenvalue weighted by atomic mass is 16.6. The number of para-hydroxylation sites is 1. The standard InChI is InChI=1S/C20H16N4O4/c1-12-19(15-5-3-4-6-17(15)28-2)20-21-16(11-18(25)23(20)22-12)13-7-9-14(10-8-13)24(26)27/h3-11,22H,1-2H3. The first kappa shape index (κ1) is 17.5. The fourth-order valence-electron chi connectivity index (χ4n) is 3.22. The normalized spacial score (nSPS) is 10.9. The first-order valence-corrected chi connectivity index (χ1v) is 8.50. The van der Waals surface area contributed by atoms with Crippen LogP contribution in [0.3, 0.4) is 0 Å². The summed E-state index contributed by atoms with van der Waals surface area (Å²) in [5.41, 5.74) is 3.58. The number of aryl methyl sites for hydroxylation is 1. The van der Waals surface area contributed by atoms with Crippen molar-refractivity contribution >= 4 is 11.3 Å². The predicted molar refractivity (Wildman–Crippen MR) is 105 cm³/mol. The number of rotatable bonds is 4. The summed E-state index contributed by atoms with van der Waals surface area (Å²) in [6, 6.07) is 14.8. The predicted octanol–water partition coefficient (Wildman–Crippen LogP) is 3.58. The number of benzene rings is 2. The molecule has 28 heavy (non-hydrogen) atoms. The summed E-state index contributed by atoms with van der Waals surface area (Å²) in [6.07, 6.45) is 0. The maximum Gasteiger partial charge on any atom is 0.273 e. The number of methoxy groups -OCH3 is 1. The molecule has 4 rings (SSSR count). The van der Waals surface area contributed by atoms with E-state index in [9.17, 15) is 14.9 Å². The van der Waals surface area contributed by atoms with Gasteiger partial charge in [0.15, 0.2) is 5.65 Å². The second-order valence-electron chi connectivity index (χ2n) is 6.25. The van der Waals surface area contributed by atoms with Crippen LogP contribution >= 0.6 is 0 Å². The maximum absolute atomic E-state index is 12.7. The number of H-pyrrole nitrogens is 1. The number of aromatic amines is 1. The van der Waals surface area contributed by atoms with E-state index < -0.39 is 4.92 Å². The van der Waals surface area contributed by atoms with Crippen molar-refractivity contribution in [1.29, 1.82) is 0 Å². The Balaban J connectivity index is 1.95. The van der Waals surface area contributed by atoms with Gasteiger partial charge in [-0.2, -0.15) is 0 Å². The number of non-ortho nitro benzene ring substituents is 1. The number of aromatic nitrogens is 3.